The summed E-state index contributed by atoms with van der Waals surface area (Å²) in [5.41, 5.74) is 2.52. The van der Waals surface area contributed by atoms with Crippen LogP contribution in [0.4, 0.5) is 0 Å². The van der Waals surface area contributed by atoms with E-state index >= 15 is 0 Å². The van der Waals surface area contributed by atoms with Gasteiger partial charge in [0.15, 0.2) is 0 Å². The second-order valence-electron chi connectivity index (χ2n) is 6.20. The van der Waals surface area contributed by atoms with Crippen molar-refractivity contribution in [3.63, 3.8) is 0 Å². The highest BCUT2D eigenvalue weighted by Crippen LogP contribution is 2.39. The smallest absolute Gasteiger partial charge is 0.0536 e. The first-order valence-corrected chi connectivity index (χ1v) is 8.29. The molecule has 1 aliphatic carbocycles. The van der Waals surface area contributed by atoms with Crippen molar-refractivity contribution >= 4 is 23.2 Å². The van der Waals surface area contributed by atoms with Crippen molar-refractivity contribution in [2.45, 2.75) is 31.7 Å². The van der Waals surface area contributed by atoms with E-state index in [0.29, 0.717) is 11.1 Å². The zero-order chi connectivity index (χ0) is 14.9. The van der Waals surface area contributed by atoms with Crippen molar-refractivity contribution in [1.29, 1.82) is 0 Å². The summed E-state index contributed by atoms with van der Waals surface area (Å²) in [5, 5.41) is 14.4. The monoisotopic (exact) mass is 329 g/mol. The number of nitrogens with one attached hydrogen (secondary N) is 1. The molecule has 0 spiro atoms. The third kappa shape index (κ3) is 3.22. The lowest BCUT2D eigenvalue weighted by Gasteiger charge is -2.29. The van der Waals surface area contributed by atoms with Gasteiger partial charge in [0.1, 0.15) is 0 Å². The molecule has 1 saturated heterocycles. The Bertz CT molecular complexity index is 515. The number of hydrogen-bond donors (Lipinski definition) is 2. The molecule has 1 heterocycles. The largest absolute Gasteiger partial charge is 0.396 e. The van der Waals surface area contributed by atoms with Gasteiger partial charge < -0.3 is 15.2 Å². The van der Waals surface area contributed by atoms with Gasteiger partial charge >= 0.3 is 0 Å². The number of aliphatic hydroxyl groups excluding tert-OH is 1. The topological polar surface area (TPSA) is 41.5 Å². The highest BCUT2D eigenvalue weighted by molar-refractivity contribution is 6.35. The molecule has 1 fully saturated rings. The first kappa shape index (κ1) is 15.6. The van der Waals surface area contributed by atoms with Crippen LogP contribution in [-0.2, 0) is 11.2 Å². The Morgan fingerprint density at radius 1 is 1.38 bits per heavy atom. The van der Waals surface area contributed by atoms with E-state index in [1.165, 1.54) is 11.1 Å². The molecule has 2 atom stereocenters. The number of benzene rings is 1. The molecule has 1 aliphatic heterocycles. The summed E-state index contributed by atoms with van der Waals surface area (Å²) < 4.78 is 5.54. The number of hydrogen-bond acceptors (Lipinski definition) is 3. The van der Waals surface area contributed by atoms with E-state index in [1.807, 2.05) is 12.1 Å². The van der Waals surface area contributed by atoms with E-state index < -0.39 is 0 Å². The fraction of sp³-hybridized carbons (Fsp3) is 0.625. The lowest BCUT2D eigenvalue weighted by molar-refractivity contribution is 0.122. The van der Waals surface area contributed by atoms with E-state index in [1.54, 1.807) is 0 Å². The Hall–Kier alpha value is -0.320. The predicted molar refractivity (Wildman–Crippen MR) is 85.1 cm³/mol. The molecular weight excluding hydrogens is 309 g/mol. The van der Waals surface area contributed by atoms with Crippen LogP contribution in [0, 0.1) is 5.41 Å². The minimum atomic E-state index is 0.0693. The third-order valence-corrected chi connectivity index (χ3v) is 5.36. The molecule has 116 valence electrons. The van der Waals surface area contributed by atoms with Crippen LogP contribution >= 0.6 is 23.2 Å². The molecule has 3 rings (SSSR count). The Balaban J connectivity index is 1.71. The van der Waals surface area contributed by atoms with Crippen LogP contribution in [0.15, 0.2) is 12.1 Å². The Labute approximate surface area is 135 Å². The van der Waals surface area contributed by atoms with Gasteiger partial charge in [-0.25, -0.2) is 0 Å². The van der Waals surface area contributed by atoms with Crippen LogP contribution in [0.3, 0.4) is 0 Å². The van der Waals surface area contributed by atoms with Gasteiger partial charge in [-0.2, -0.15) is 0 Å². The minimum absolute atomic E-state index is 0.0693. The predicted octanol–water partition coefficient (Wildman–Crippen LogP) is 3.36. The highest BCUT2D eigenvalue weighted by Gasteiger charge is 2.35. The van der Waals surface area contributed by atoms with Crippen molar-refractivity contribution < 1.29 is 9.84 Å². The molecular formula is C16H21Cl2NO2. The van der Waals surface area contributed by atoms with Gasteiger partial charge in [-0.15, -0.1) is 0 Å². The maximum absolute atomic E-state index is 9.30. The second-order valence-corrected chi connectivity index (χ2v) is 7.05. The number of fused-ring (bicyclic) bond motifs is 1. The van der Waals surface area contributed by atoms with Crippen molar-refractivity contribution in [3.05, 3.63) is 33.3 Å². The van der Waals surface area contributed by atoms with Gasteiger partial charge in [-0.3, -0.25) is 0 Å². The maximum Gasteiger partial charge on any atom is 0.0536 e. The molecule has 2 aliphatic rings. The molecule has 2 unspecified atom stereocenters. The van der Waals surface area contributed by atoms with Crippen LogP contribution < -0.4 is 5.32 Å². The van der Waals surface area contributed by atoms with Crippen molar-refractivity contribution in [2.24, 2.45) is 5.41 Å². The summed E-state index contributed by atoms with van der Waals surface area (Å²) in [6.07, 6.45) is 3.84. The minimum Gasteiger partial charge on any atom is -0.396 e. The molecule has 0 saturated carbocycles. The van der Waals surface area contributed by atoms with Crippen molar-refractivity contribution in [3.8, 4) is 0 Å². The third-order valence-electron chi connectivity index (χ3n) is 4.80. The van der Waals surface area contributed by atoms with Gasteiger partial charge in [-0.1, -0.05) is 23.2 Å². The van der Waals surface area contributed by atoms with Gasteiger partial charge in [0.25, 0.3) is 0 Å². The molecule has 21 heavy (non-hydrogen) atoms. The van der Waals surface area contributed by atoms with Gasteiger partial charge in [0, 0.05) is 41.3 Å². The van der Waals surface area contributed by atoms with E-state index in [4.69, 9.17) is 27.9 Å². The van der Waals surface area contributed by atoms with Gasteiger partial charge in [-0.05, 0) is 48.9 Å². The van der Waals surface area contributed by atoms with Crippen LogP contribution in [0.5, 0.6) is 0 Å². The summed E-state index contributed by atoms with van der Waals surface area (Å²) in [5.74, 6) is 0. The van der Waals surface area contributed by atoms with Crippen LogP contribution in [0.1, 0.15) is 36.4 Å². The average Bonchev–Trinajstić information content (AvgIpc) is 3.04. The first-order chi connectivity index (χ1) is 10.1. The van der Waals surface area contributed by atoms with E-state index in [9.17, 15) is 5.11 Å². The van der Waals surface area contributed by atoms with E-state index in [0.717, 1.165) is 50.5 Å². The molecule has 1 aromatic rings. The average molecular weight is 330 g/mol. The molecule has 3 nitrogen and oxygen atoms in total. The van der Waals surface area contributed by atoms with Crippen molar-refractivity contribution in [1.82, 2.24) is 5.32 Å². The number of halogens is 2. The standard InChI is InChI=1S/C16H21Cl2NO2/c17-11-7-13-12(14(18)8-11)1-2-15(13)19-9-16(3-5-20)4-6-21-10-16/h7-8,15,19-20H,1-6,9-10H2. The summed E-state index contributed by atoms with van der Waals surface area (Å²) in [6.45, 7) is 2.60. The SMILES string of the molecule is OCCC1(CNC2CCc3c(Cl)cc(Cl)cc32)CCOC1. The van der Waals surface area contributed by atoms with E-state index in [2.05, 4.69) is 5.32 Å². The quantitative estimate of drug-likeness (QED) is 0.870. The molecule has 0 amide bonds. The van der Waals surface area contributed by atoms with Crippen molar-refractivity contribution in [2.75, 3.05) is 26.4 Å². The lowest BCUT2D eigenvalue weighted by Crippen LogP contribution is -2.37. The Morgan fingerprint density at radius 3 is 2.95 bits per heavy atom. The fourth-order valence-corrected chi connectivity index (χ4v) is 4.11. The summed E-state index contributed by atoms with van der Waals surface area (Å²) in [7, 11) is 0. The van der Waals surface area contributed by atoms with Crippen LogP contribution in [0.2, 0.25) is 10.0 Å². The summed E-state index contributed by atoms with van der Waals surface area (Å²) in [4.78, 5) is 0. The molecule has 5 heteroatoms. The van der Waals surface area contributed by atoms with Crippen LogP contribution in [-0.4, -0.2) is 31.5 Å². The summed E-state index contributed by atoms with van der Waals surface area (Å²) >= 11 is 12.4. The Morgan fingerprint density at radius 2 is 2.24 bits per heavy atom. The van der Waals surface area contributed by atoms with Gasteiger partial charge in [0.2, 0.25) is 0 Å². The normalized spacial score (nSPS) is 28.0. The molecule has 2 N–H and O–H groups in total. The number of rotatable bonds is 5. The van der Waals surface area contributed by atoms with E-state index in [-0.39, 0.29) is 12.0 Å². The highest BCUT2D eigenvalue weighted by atomic mass is 35.5. The zero-order valence-electron chi connectivity index (χ0n) is 12.0. The number of ether oxygens (including phenoxy) is 1. The lowest BCUT2D eigenvalue weighted by atomic mass is 9.83. The van der Waals surface area contributed by atoms with Gasteiger partial charge in [0.05, 0.1) is 6.61 Å². The molecule has 0 bridgehead atoms. The number of aliphatic hydroxyl groups is 1. The molecule has 1 aromatic carbocycles. The van der Waals surface area contributed by atoms with Crippen LogP contribution in [0.25, 0.3) is 0 Å². The second kappa shape index (κ2) is 6.43. The molecule has 0 radical (unpaired) electrons. The zero-order valence-corrected chi connectivity index (χ0v) is 13.5. The maximum atomic E-state index is 9.30. The molecule has 0 aromatic heterocycles. The Kier molecular flexibility index (Phi) is 4.77. The summed E-state index contributed by atoms with van der Waals surface area (Å²) in [6, 6.07) is 4.15. The fourth-order valence-electron chi connectivity index (χ4n) is 3.51. The first-order valence-electron chi connectivity index (χ1n) is 7.53.